The Morgan fingerprint density at radius 3 is 2.57 bits per heavy atom. The molecular weight excluding hydrogens is 262 g/mol. The lowest BCUT2D eigenvalue weighted by molar-refractivity contribution is 0.572. The van der Waals surface area contributed by atoms with E-state index in [0.29, 0.717) is 0 Å². The monoisotopic (exact) mass is 279 g/mol. The summed E-state index contributed by atoms with van der Waals surface area (Å²) in [5.74, 6) is 0.953. The minimum atomic E-state index is 0.0663. The summed E-state index contributed by atoms with van der Waals surface area (Å²) in [4.78, 5) is 12.5. The Kier molecular flexibility index (Phi) is 2.30. The van der Waals surface area contributed by atoms with Gasteiger partial charge in [0.2, 0.25) is 0 Å². The number of hydrogen-bond donors (Lipinski definition) is 0. The molecule has 21 heavy (non-hydrogen) atoms. The molecule has 0 atom stereocenters. The first-order chi connectivity index (χ1) is 10.0. The van der Waals surface area contributed by atoms with Crippen LogP contribution in [0, 0.1) is 27.7 Å². The van der Waals surface area contributed by atoms with E-state index in [0.717, 1.165) is 50.7 Å². The number of allylic oxidation sites excluding steroid dienone is 1. The van der Waals surface area contributed by atoms with Gasteiger partial charge in [0.1, 0.15) is 11.3 Å². The van der Waals surface area contributed by atoms with Gasteiger partial charge in [0.15, 0.2) is 0 Å². The zero-order chi connectivity index (χ0) is 14.9. The normalized spacial score (nSPS) is 13.5. The third kappa shape index (κ3) is 1.41. The summed E-state index contributed by atoms with van der Waals surface area (Å²) in [6.07, 6.45) is 4.73. The number of rotatable bonds is 0. The fourth-order valence-electron chi connectivity index (χ4n) is 3.34. The van der Waals surface area contributed by atoms with Crippen molar-refractivity contribution >= 4 is 28.1 Å². The minimum Gasteiger partial charge on any atom is -0.461 e. The molecule has 0 aliphatic carbocycles. The van der Waals surface area contributed by atoms with E-state index in [-0.39, 0.29) is 5.56 Å². The fourth-order valence-corrected chi connectivity index (χ4v) is 3.34. The van der Waals surface area contributed by atoms with Crippen molar-refractivity contribution < 1.29 is 4.42 Å². The molecular formula is C18H17NO2. The number of nitrogens with zero attached hydrogens (tertiary/aromatic N) is 1. The van der Waals surface area contributed by atoms with Crippen LogP contribution in [0.15, 0.2) is 21.4 Å². The van der Waals surface area contributed by atoms with Crippen molar-refractivity contribution in [1.82, 2.24) is 4.57 Å². The second-order valence-electron chi connectivity index (χ2n) is 5.93. The number of aryl methyl sites for hydroxylation is 3. The maximum absolute atomic E-state index is 12.5. The van der Waals surface area contributed by atoms with Gasteiger partial charge in [-0.2, -0.15) is 0 Å². The Labute approximate surface area is 122 Å². The highest BCUT2D eigenvalue weighted by molar-refractivity contribution is 6.02. The van der Waals surface area contributed by atoms with Gasteiger partial charge < -0.3 is 4.42 Å². The first-order valence-corrected chi connectivity index (χ1v) is 7.24. The number of aromatic nitrogens is 1. The van der Waals surface area contributed by atoms with E-state index >= 15 is 0 Å². The van der Waals surface area contributed by atoms with Crippen LogP contribution < -0.4 is 5.56 Å². The summed E-state index contributed by atoms with van der Waals surface area (Å²) in [7, 11) is 0. The van der Waals surface area contributed by atoms with Crippen LogP contribution in [0.2, 0.25) is 0 Å². The van der Waals surface area contributed by atoms with Crippen LogP contribution in [0.3, 0.4) is 0 Å². The molecule has 2 aromatic heterocycles. The topological polar surface area (TPSA) is 35.1 Å². The SMILES string of the molecule is Cc1oc2c3c4c(cc2c1C)c(C)c(C)c(=O)n4C=CC3. The lowest BCUT2D eigenvalue weighted by Crippen LogP contribution is -2.22. The molecule has 0 saturated carbocycles. The molecule has 1 aromatic carbocycles. The molecule has 0 bridgehead atoms. The number of fused-ring (bicyclic) bond motifs is 2. The van der Waals surface area contributed by atoms with Crippen molar-refractivity contribution in [3.05, 3.63) is 50.5 Å². The molecule has 3 nitrogen and oxygen atoms in total. The van der Waals surface area contributed by atoms with Crippen LogP contribution in [0.25, 0.3) is 28.1 Å². The average molecular weight is 279 g/mol. The molecule has 4 rings (SSSR count). The van der Waals surface area contributed by atoms with Crippen molar-refractivity contribution in [2.75, 3.05) is 0 Å². The Morgan fingerprint density at radius 2 is 1.81 bits per heavy atom. The summed E-state index contributed by atoms with van der Waals surface area (Å²) in [6, 6.07) is 2.18. The van der Waals surface area contributed by atoms with Gasteiger partial charge in [-0.1, -0.05) is 6.08 Å². The molecule has 106 valence electrons. The smallest absolute Gasteiger partial charge is 0.258 e. The van der Waals surface area contributed by atoms with Crippen LogP contribution >= 0.6 is 0 Å². The third-order valence-corrected chi connectivity index (χ3v) is 4.86. The highest BCUT2D eigenvalue weighted by Gasteiger charge is 2.21. The standard InChI is InChI=1S/C18H17NO2/c1-9-10(2)18(20)19-7-5-6-13-16(19)14(9)8-15-11(3)12(4)21-17(13)15/h5,7-8H,6H2,1-4H3. The number of hydrogen-bond acceptors (Lipinski definition) is 2. The van der Waals surface area contributed by atoms with Crippen molar-refractivity contribution in [3.63, 3.8) is 0 Å². The Balaban J connectivity index is 2.39. The highest BCUT2D eigenvalue weighted by atomic mass is 16.3. The summed E-state index contributed by atoms with van der Waals surface area (Å²) in [5.41, 5.74) is 6.20. The summed E-state index contributed by atoms with van der Waals surface area (Å²) >= 11 is 0. The van der Waals surface area contributed by atoms with Crippen LogP contribution in [0.4, 0.5) is 0 Å². The van der Waals surface area contributed by atoms with Gasteiger partial charge in [0, 0.05) is 28.1 Å². The summed E-state index contributed by atoms with van der Waals surface area (Å²) in [5, 5.41) is 2.32. The molecule has 3 aromatic rings. The van der Waals surface area contributed by atoms with Gasteiger partial charge in [-0.15, -0.1) is 0 Å². The van der Waals surface area contributed by atoms with Crippen LogP contribution in [0.5, 0.6) is 0 Å². The van der Waals surface area contributed by atoms with E-state index in [2.05, 4.69) is 13.0 Å². The van der Waals surface area contributed by atoms with Crippen molar-refractivity contribution in [2.45, 2.75) is 34.1 Å². The lowest BCUT2D eigenvalue weighted by Gasteiger charge is -2.18. The molecule has 3 heteroatoms. The second kappa shape index (κ2) is 3.88. The van der Waals surface area contributed by atoms with E-state index in [1.165, 1.54) is 5.56 Å². The van der Waals surface area contributed by atoms with E-state index < -0.39 is 0 Å². The van der Waals surface area contributed by atoms with Gasteiger partial charge >= 0.3 is 0 Å². The Hall–Kier alpha value is -2.29. The third-order valence-electron chi connectivity index (χ3n) is 4.86. The first kappa shape index (κ1) is 12.5. The molecule has 0 N–H and O–H groups in total. The predicted molar refractivity (Wildman–Crippen MR) is 86.0 cm³/mol. The zero-order valence-electron chi connectivity index (χ0n) is 12.7. The molecule has 0 spiro atoms. The quantitative estimate of drug-likeness (QED) is 0.623. The largest absolute Gasteiger partial charge is 0.461 e. The van der Waals surface area contributed by atoms with Crippen molar-refractivity contribution in [3.8, 4) is 0 Å². The maximum Gasteiger partial charge on any atom is 0.258 e. The Bertz CT molecular complexity index is 1020. The lowest BCUT2D eigenvalue weighted by atomic mass is 9.95. The van der Waals surface area contributed by atoms with Gasteiger partial charge in [-0.25, -0.2) is 0 Å². The summed E-state index contributed by atoms with van der Waals surface area (Å²) < 4.78 is 7.75. The van der Waals surface area contributed by atoms with E-state index in [1.54, 1.807) is 4.57 Å². The predicted octanol–water partition coefficient (Wildman–Crippen LogP) is 4.01. The van der Waals surface area contributed by atoms with Gasteiger partial charge in [-0.3, -0.25) is 9.36 Å². The van der Waals surface area contributed by atoms with Gasteiger partial charge in [-0.05, 0) is 51.3 Å². The average Bonchev–Trinajstić information content (AvgIpc) is 2.78. The van der Waals surface area contributed by atoms with Crippen molar-refractivity contribution in [1.29, 1.82) is 0 Å². The van der Waals surface area contributed by atoms with Gasteiger partial charge in [0.05, 0.1) is 5.52 Å². The zero-order valence-corrected chi connectivity index (χ0v) is 12.7. The molecule has 0 unspecified atom stereocenters. The molecule has 3 heterocycles. The minimum absolute atomic E-state index is 0.0663. The van der Waals surface area contributed by atoms with Crippen LogP contribution in [-0.4, -0.2) is 4.57 Å². The van der Waals surface area contributed by atoms with Crippen molar-refractivity contribution in [2.24, 2.45) is 0 Å². The summed E-state index contributed by atoms with van der Waals surface area (Å²) in [6.45, 7) is 8.03. The van der Waals surface area contributed by atoms with E-state index in [4.69, 9.17) is 4.42 Å². The molecule has 0 amide bonds. The molecule has 0 radical (unpaired) electrons. The first-order valence-electron chi connectivity index (χ1n) is 7.24. The van der Waals surface area contributed by atoms with E-state index in [9.17, 15) is 4.79 Å². The van der Waals surface area contributed by atoms with Crippen LogP contribution in [-0.2, 0) is 6.42 Å². The second-order valence-corrected chi connectivity index (χ2v) is 5.93. The Morgan fingerprint density at radius 1 is 1.05 bits per heavy atom. The number of benzene rings is 1. The molecule has 0 saturated heterocycles. The molecule has 1 aliphatic heterocycles. The molecule has 0 fully saturated rings. The highest BCUT2D eigenvalue weighted by Crippen LogP contribution is 2.36. The fraction of sp³-hybridized carbons (Fsp3) is 0.278. The number of pyridine rings is 1. The van der Waals surface area contributed by atoms with Crippen LogP contribution in [0.1, 0.15) is 28.0 Å². The van der Waals surface area contributed by atoms with Gasteiger partial charge in [0.25, 0.3) is 5.56 Å². The number of furan rings is 1. The van der Waals surface area contributed by atoms with E-state index in [1.807, 2.05) is 33.0 Å². The maximum atomic E-state index is 12.5. The molecule has 1 aliphatic rings.